The van der Waals surface area contributed by atoms with Gasteiger partial charge in [-0.2, -0.15) is 4.52 Å². The van der Waals surface area contributed by atoms with Gasteiger partial charge in [0.05, 0.1) is 0 Å². The zero-order valence-corrected chi connectivity index (χ0v) is 15.3. The molecule has 0 fully saturated rings. The van der Waals surface area contributed by atoms with Crippen LogP contribution in [0.5, 0.6) is 0 Å². The number of hydrogen-bond acceptors (Lipinski definition) is 5. The molecule has 0 spiro atoms. The van der Waals surface area contributed by atoms with Crippen molar-refractivity contribution in [3.63, 3.8) is 0 Å². The van der Waals surface area contributed by atoms with Gasteiger partial charge in [-0.3, -0.25) is 0 Å². The van der Waals surface area contributed by atoms with Crippen LogP contribution >= 0.6 is 27.3 Å². The van der Waals surface area contributed by atoms with Gasteiger partial charge in [-0.05, 0) is 36.2 Å². The Hall–Kier alpha value is -2.25. The number of nitrogens with one attached hydrogen (secondary N) is 1. The molecule has 2 aromatic carbocycles. The summed E-state index contributed by atoms with van der Waals surface area (Å²) in [6, 6.07) is 16.3. The van der Waals surface area contributed by atoms with Crippen molar-refractivity contribution in [3.8, 4) is 11.4 Å². The van der Waals surface area contributed by atoms with Crippen molar-refractivity contribution in [1.29, 1.82) is 0 Å². The quantitative estimate of drug-likeness (QED) is 0.528. The van der Waals surface area contributed by atoms with Crippen LogP contribution in [0.4, 0.5) is 10.8 Å². The first kappa shape index (κ1) is 15.3. The smallest absolute Gasteiger partial charge is 0.236 e. The van der Waals surface area contributed by atoms with E-state index in [4.69, 9.17) is 0 Å². The Morgan fingerprint density at radius 3 is 2.50 bits per heavy atom. The standard InChI is InChI=1S/C17H14BrN5S/c1-2-11-3-9-14(10-4-11)19-16-22-23-15(20-21-17(23)24-16)12-5-7-13(18)8-6-12/h3-10H,2H2,1H3,(H,19,22). The van der Waals surface area contributed by atoms with E-state index >= 15 is 0 Å². The summed E-state index contributed by atoms with van der Waals surface area (Å²) in [4.78, 5) is 0.764. The Morgan fingerprint density at radius 2 is 1.79 bits per heavy atom. The molecule has 5 nitrogen and oxygen atoms in total. The van der Waals surface area contributed by atoms with Gasteiger partial charge in [0.15, 0.2) is 5.82 Å². The van der Waals surface area contributed by atoms with Crippen LogP contribution in [0.25, 0.3) is 16.3 Å². The fourth-order valence-corrected chi connectivity index (χ4v) is 3.42. The third kappa shape index (κ3) is 2.92. The highest BCUT2D eigenvalue weighted by molar-refractivity contribution is 9.10. The van der Waals surface area contributed by atoms with E-state index in [-0.39, 0.29) is 0 Å². The van der Waals surface area contributed by atoms with Gasteiger partial charge in [-0.1, -0.05) is 58.5 Å². The summed E-state index contributed by atoms with van der Waals surface area (Å²) in [5, 5.41) is 17.2. The van der Waals surface area contributed by atoms with Crippen LogP contribution < -0.4 is 5.32 Å². The zero-order chi connectivity index (χ0) is 16.5. The number of benzene rings is 2. The molecular weight excluding hydrogens is 386 g/mol. The van der Waals surface area contributed by atoms with E-state index in [9.17, 15) is 0 Å². The van der Waals surface area contributed by atoms with Crippen molar-refractivity contribution in [1.82, 2.24) is 19.8 Å². The predicted molar refractivity (Wildman–Crippen MR) is 101 cm³/mol. The highest BCUT2D eigenvalue weighted by atomic mass is 79.9. The molecule has 1 N–H and O–H groups in total. The lowest BCUT2D eigenvalue weighted by Crippen LogP contribution is -1.94. The van der Waals surface area contributed by atoms with Crippen LogP contribution in [-0.4, -0.2) is 19.8 Å². The molecule has 24 heavy (non-hydrogen) atoms. The first-order chi connectivity index (χ1) is 11.7. The van der Waals surface area contributed by atoms with E-state index in [0.717, 1.165) is 38.1 Å². The third-order valence-corrected chi connectivity index (χ3v) is 5.05. The maximum atomic E-state index is 4.60. The molecule has 0 saturated heterocycles. The Balaban J connectivity index is 1.64. The number of aryl methyl sites for hydroxylation is 1. The molecule has 2 aromatic heterocycles. The van der Waals surface area contributed by atoms with Gasteiger partial charge in [-0.15, -0.1) is 15.3 Å². The molecule has 0 aliphatic rings. The molecule has 7 heteroatoms. The van der Waals surface area contributed by atoms with Crippen molar-refractivity contribution in [3.05, 3.63) is 58.6 Å². The number of hydrogen-bond donors (Lipinski definition) is 1. The maximum Gasteiger partial charge on any atom is 0.236 e. The second-order valence-corrected chi connectivity index (χ2v) is 7.18. The van der Waals surface area contributed by atoms with Crippen LogP contribution in [0.1, 0.15) is 12.5 Å². The molecule has 0 aliphatic heterocycles. The predicted octanol–water partition coefficient (Wildman–Crippen LogP) is 4.92. The van der Waals surface area contributed by atoms with Gasteiger partial charge in [0.2, 0.25) is 10.1 Å². The molecule has 0 amide bonds. The number of nitrogens with zero attached hydrogens (tertiary/aromatic N) is 4. The van der Waals surface area contributed by atoms with Gasteiger partial charge < -0.3 is 5.32 Å². The van der Waals surface area contributed by atoms with Gasteiger partial charge in [-0.25, -0.2) is 0 Å². The normalized spacial score (nSPS) is 11.1. The van der Waals surface area contributed by atoms with Crippen LogP contribution in [0.15, 0.2) is 53.0 Å². The van der Waals surface area contributed by atoms with Gasteiger partial charge in [0.25, 0.3) is 0 Å². The lowest BCUT2D eigenvalue weighted by Gasteiger charge is -2.03. The van der Waals surface area contributed by atoms with E-state index < -0.39 is 0 Å². The molecule has 0 unspecified atom stereocenters. The van der Waals surface area contributed by atoms with Gasteiger partial charge in [0, 0.05) is 15.7 Å². The SMILES string of the molecule is CCc1ccc(Nc2nn3c(-c4ccc(Br)cc4)nnc3s2)cc1. The summed E-state index contributed by atoms with van der Waals surface area (Å²) in [5.41, 5.74) is 3.31. The first-order valence-corrected chi connectivity index (χ1v) is 9.18. The Morgan fingerprint density at radius 1 is 1.04 bits per heavy atom. The summed E-state index contributed by atoms with van der Waals surface area (Å²) in [6.07, 6.45) is 1.04. The Kier molecular flexibility index (Phi) is 4.03. The largest absolute Gasteiger partial charge is 0.330 e. The topological polar surface area (TPSA) is 55.1 Å². The minimum absolute atomic E-state index is 0.739. The second-order valence-electron chi connectivity index (χ2n) is 5.31. The summed E-state index contributed by atoms with van der Waals surface area (Å²) < 4.78 is 2.81. The van der Waals surface area contributed by atoms with Crippen LogP contribution in [-0.2, 0) is 6.42 Å². The summed E-state index contributed by atoms with van der Waals surface area (Å²) >= 11 is 4.92. The monoisotopic (exact) mass is 399 g/mol. The van der Waals surface area contributed by atoms with Gasteiger partial charge in [0.1, 0.15) is 0 Å². The molecule has 0 radical (unpaired) electrons. The van der Waals surface area contributed by atoms with Crippen molar-refractivity contribution in [2.24, 2.45) is 0 Å². The van der Waals surface area contributed by atoms with E-state index in [2.05, 4.69) is 67.7 Å². The van der Waals surface area contributed by atoms with Crippen LogP contribution in [0, 0.1) is 0 Å². The highest BCUT2D eigenvalue weighted by Gasteiger charge is 2.13. The molecule has 2 heterocycles. The molecule has 0 bridgehead atoms. The average Bonchev–Trinajstić information content (AvgIpc) is 3.16. The Labute approximate surface area is 151 Å². The Bertz CT molecular complexity index is 973. The molecule has 4 aromatic rings. The molecule has 0 atom stereocenters. The third-order valence-electron chi connectivity index (χ3n) is 3.71. The summed E-state index contributed by atoms with van der Waals surface area (Å²) in [5.74, 6) is 0.739. The molecule has 0 saturated carbocycles. The average molecular weight is 400 g/mol. The van der Waals surface area contributed by atoms with E-state index in [1.807, 2.05) is 24.3 Å². The van der Waals surface area contributed by atoms with Gasteiger partial charge >= 0.3 is 0 Å². The van der Waals surface area contributed by atoms with Crippen LogP contribution in [0.3, 0.4) is 0 Å². The molecule has 120 valence electrons. The number of fused-ring (bicyclic) bond motifs is 1. The lowest BCUT2D eigenvalue weighted by atomic mass is 10.1. The summed E-state index contributed by atoms with van der Waals surface area (Å²) in [6.45, 7) is 2.15. The fourth-order valence-electron chi connectivity index (χ4n) is 2.39. The fraction of sp³-hybridized carbons (Fsp3) is 0.118. The minimum Gasteiger partial charge on any atom is -0.330 e. The second kappa shape index (κ2) is 6.33. The highest BCUT2D eigenvalue weighted by Crippen LogP contribution is 2.27. The van der Waals surface area contributed by atoms with Crippen LogP contribution in [0.2, 0.25) is 0 Å². The summed E-state index contributed by atoms with van der Waals surface area (Å²) in [7, 11) is 0. The van der Waals surface area contributed by atoms with E-state index in [1.54, 1.807) is 4.52 Å². The van der Waals surface area contributed by atoms with Crippen molar-refractivity contribution < 1.29 is 0 Å². The zero-order valence-electron chi connectivity index (χ0n) is 12.9. The van der Waals surface area contributed by atoms with Crippen molar-refractivity contribution >= 4 is 43.0 Å². The number of anilines is 2. The maximum absolute atomic E-state index is 4.60. The number of halogens is 1. The van der Waals surface area contributed by atoms with E-state index in [0.29, 0.717) is 0 Å². The first-order valence-electron chi connectivity index (χ1n) is 7.57. The molecule has 4 rings (SSSR count). The van der Waals surface area contributed by atoms with E-state index in [1.165, 1.54) is 16.9 Å². The number of rotatable bonds is 4. The van der Waals surface area contributed by atoms with Crippen molar-refractivity contribution in [2.75, 3.05) is 5.32 Å². The molecular formula is C17H14BrN5S. The molecule has 0 aliphatic carbocycles. The number of aromatic nitrogens is 4. The lowest BCUT2D eigenvalue weighted by molar-refractivity contribution is 0.970. The van der Waals surface area contributed by atoms with Crippen molar-refractivity contribution in [2.45, 2.75) is 13.3 Å². The minimum atomic E-state index is 0.739.